The van der Waals surface area contributed by atoms with Gasteiger partial charge in [-0.2, -0.15) is 0 Å². The minimum absolute atomic E-state index is 0.0847. The fraction of sp³-hybridized carbons (Fsp3) is 0.474. The summed E-state index contributed by atoms with van der Waals surface area (Å²) in [6.07, 6.45) is 5.82. The van der Waals surface area contributed by atoms with Crippen LogP contribution in [0.15, 0.2) is 24.3 Å². The van der Waals surface area contributed by atoms with E-state index in [1.54, 1.807) is 12.1 Å². The van der Waals surface area contributed by atoms with Gasteiger partial charge in [0.15, 0.2) is 5.13 Å². The summed E-state index contributed by atoms with van der Waals surface area (Å²) in [5, 5.41) is 9.87. The van der Waals surface area contributed by atoms with Gasteiger partial charge in [0.1, 0.15) is 10.6 Å². The van der Waals surface area contributed by atoms with Gasteiger partial charge in [-0.05, 0) is 56.2 Å². The fourth-order valence-corrected chi connectivity index (χ4v) is 4.35. The Bertz CT molecular complexity index is 727. The van der Waals surface area contributed by atoms with Gasteiger partial charge in [-0.3, -0.25) is 4.79 Å². The average molecular weight is 359 g/mol. The van der Waals surface area contributed by atoms with E-state index in [-0.39, 0.29) is 17.7 Å². The summed E-state index contributed by atoms with van der Waals surface area (Å²) in [6.45, 7) is 2.81. The van der Waals surface area contributed by atoms with Crippen LogP contribution in [0.25, 0.3) is 0 Å². The average Bonchev–Trinajstić information content (AvgIpc) is 3.02. The summed E-state index contributed by atoms with van der Waals surface area (Å²) < 4.78 is 0. The molecule has 1 saturated heterocycles. The highest BCUT2D eigenvalue weighted by molar-refractivity contribution is 7.17. The Morgan fingerprint density at radius 1 is 1.36 bits per heavy atom. The molecule has 0 aliphatic carbocycles. The number of likely N-dealkylation sites (tertiary alicyclic amines) is 1. The van der Waals surface area contributed by atoms with Gasteiger partial charge in [0, 0.05) is 12.6 Å². The molecule has 2 heterocycles. The minimum Gasteiger partial charge on any atom is -0.508 e. The number of piperidine rings is 1. The summed E-state index contributed by atoms with van der Waals surface area (Å²) in [5.41, 5.74) is 7.82. The maximum atomic E-state index is 13.1. The molecule has 0 radical (unpaired) electrons. The number of phenolic OH excluding ortho intramolecular Hbond substituents is 1. The van der Waals surface area contributed by atoms with Gasteiger partial charge in [-0.1, -0.05) is 30.4 Å². The molecule has 3 rings (SSSR count). The lowest BCUT2D eigenvalue weighted by molar-refractivity contribution is 0.0605. The third-order valence-electron chi connectivity index (χ3n) is 4.83. The molecule has 0 saturated carbocycles. The molecule has 1 unspecified atom stereocenters. The van der Waals surface area contributed by atoms with Crippen molar-refractivity contribution in [3.63, 3.8) is 0 Å². The van der Waals surface area contributed by atoms with E-state index >= 15 is 0 Å². The van der Waals surface area contributed by atoms with Crippen LogP contribution in [0.1, 0.15) is 53.5 Å². The van der Waals surface area contributed by atoms with E-state index in [0.29, 0.717) is 10.0 Å². The Balaban J connectivity index is 1.71. The van der Waals surface area contributed by atoms with Crippen molar-refractivity contribution in [2.24, 2.45) is 0 Å². The van der Waals surface area contributed by atoms with E-state index < -0.39 is 0 Å². The molecular formula is C19H25N3O2S. The zero-order chi connectivity index (χ0) is 17.8. The second kappa shape index (κ2) is 7.87. The molecule has 6 heteroatoms. The second-order valence-electron chi connectivity index (χ2n) is 6.53. The van der Waals surface area contributed by atoms with Crippen LogP contribution >= 0.6 is 11.3 Å². The topological polar surface area (TPSA) is 79.5 Å². The summed E-state index contributed by atoms with van der Waals surface area (Å²) >= 11 is 1.31. The van der Waals surface area contributed by atoms with Crippen molar-refractivity contribution < 1.29 is 9.90 Å². The molecule has 1 aliphatic heterocycles. The van der Waals surface area contributed by atoms with Gasteiger partial charge in [0.05, 0.1) is 5.69 Å². The lowest BCUT2D eigenvalue weighted by atomic mass is 9.95. The molecule has 1 aliphatic rings. The molecule has 1 aromatic carbocycles. The van der Waals surface area contributed by atoms with Crippen molar-refractivity contribution in [2.75, 3.05) is 12.3 Å². The number of thiazole rings is 1. The largest absolute Gasteiger partial charge is 0.508 e. The Hall–Kier alpha value is -2.08. The zero-order valence-corrected chi connectivity index (χ0v) is 15.4. The minimum atomic E-state index is 0.0847. The van der Waals surface area contributed by atoms with E-state index in [4.69, 9.17) is 5.73 Å². The number of aryl methyl sites for hydroxylation is 2. The Kier molecular flexibility index (Phi) is 5.58. The van der Waals surface area contributed by atoms with E-state index in [1.807, 2.05) is 24.0 Å². The van der Waals surface area contributed by atoms with E-state index in [2.05, 4.69) is 4.98 Å². The molecule has 25 heavy (non-hydrogen) atoms. The number of benzene rings is 1. The van der Waals surface area contributed by atoms with E-state index in [1.165, 1.54) is 16.9 Å². The SMILES string of the molecule is CCc1nc(N)sc1C(=O)N1CCCCC1CCc1ccc(O)cc1. The van der Waals surface area contributed by atoms with Crippen LogP contribution in [0.2, 0.25) is 0 Å². The lowest BCUT2D eigenvalue weighted by Gasteiger charge is -2.36. The molecule has 1 atom stereocenters. The molecule has 1 fully saturated rings. The van der Waals surface area contributed by atoms with Crippen molar-refractivity contribution in [3.8, 4) is 5.75 Å². The van der Waals surface area contributed by atoms with Crippen molar-refractivity contribution in [2.45, 2.75) is 51.5 Å². The Morgan fingerprint density at radius 2 is 2.12 bits per heavy atom. The zero-order valence-electron chi connectivity index (χ0n) is 14.6. The number of aromatic hydroxyl groups is 1. The number of carbonyl (C=O) groups is 1. The first-order valence-electron chi connectivity index (χ1n) is 8.92. The Labute approximate surface area is 152 Å². The number of anilines is 1. The molecule has 5 nitrogen and oxygen atoms in total. The molecule has 134 valence electrons. The molecular weight excluding hydrogens is 334 g/mol. The smallest absolute Gasteiger partial charge is 0.266 e. The number of amides is 1. The standard InChI is InChI=1S/C19H25N3O2S/c1-2-16-17(25-19(20)21-16)18(24)22-12-4-3-5-14(22)9-6-13-7-10-15(23)11-8-13/h7-8,10-11,14,23H,2-6,9,12H2,1H3,(H2,20,21). The summed E-state index contributed by atoms with van der Waals surface area (Å²) in [6, 6.07) is 7.58. The molecule has 1 amide bonds. The predicted octanol–water partition coefficient (Wildman–Crippen LogP) is 3.62. The van der Waals surface area contributed by atoms with Crippen molar-refractivity contribution in [1.82, 2.24) is 9.88 Å². The van der Waals surface area contributed by atoms with Crippen molar-refractivity contribution >= 4 is 22.4 Å². The summed E-state index contributed by atoms with van der Waals surface area (Å²) in [7, 11) is 0. The van der Waals surface area contributed by atoms with E-state index in [9.17, 15) is 9.90 Å². The monoisotopic (exact) mass is 359 g/mol. The summed E-state index contributed by atoms with van der Waals surface area (Å²) in [4.78, 5) is 20.1. The molecule has 2 aromatic rings. The molecule has 1 aromatic heterocycles. The maximum Gasteiger partial charge on any atom is 0.266 e. The lowest BCUT2D eigenvalue weighted by Crippen LogP contribution is -2.44. The number of nitrogens with two attached hydrogens (primary N) is 1. The normalized spacial score (nSPS) is 17.6. The quantitative estimate of drug-likeness (QED) is 0.854. The number of hydrogen-bond acceptors (Lipinski definition) is 5. The molecule has 0 bridgehead atoms. The van der Waals surface area contributed by atoms with Crippen LogP contribution in [0, 0.1) is 0 Å². The van der Waals surface area contributed by atoms with Crippen LogP contribution in [0.3, 0.4) is 0 Å². The van der Waals surface area contributed by atoms with Crippen molar-refractivity contribution in [1.29, 1.82) is 0 Å². The van der Waals surface area contributed by atoms with Crippen molar-refractivity contribution in [3.05, 3.63) is 40.4 Å². The fourth-order valence-electron chi connectivity index (χ4n) is 3.47. The van der Waals surface area contributed by atoms with Crippen LogP contribution in [0.4, 0.5) is 5.13 Å². The number of nitrogens with zero attached hydrogens (tertiary/aromatic N) is 2. The molecule has 0 spiro atoms. The third kappa shape index (κ3) is 4.12. The predicted molar refractivity (Wildman–Crippen MR) is 101 cm³/mol. The highest BCUT2D eigenvalue weighted by Crippen LogP contribution is 2.28. The number of hydrogen-bond donors (Lipinski definition) is 2. The Morgan fingerprint density at radius 3 is 2.84 bits per heavy atom. The van der Waals surface area contributed by atoms with Gasteiger partial charge in [0.25, 0.3) is 5.91 Å². The van der Waals surface area contributed by atoms with E-state index in [0.717, 1.165) is 50.8 Å². The first kappa shape index (κ1) is 17.7. The number of rotatable bonds is 5. The summed E-state index contributed by atoms with van der Waals surface area (Å²) in [5.74, 6) is 0.370. The number of phenols is 1. The highest BCUT2D eigenvalue weighted by Gasteiger charge is 2.29. The van der Waals surface area contributed by atoms with Gasteiger partial charge < -0.3 is 15.7 Å². The first-order chi connectivity index (χ1) is 12.1. The number of aromatic nitrogens is 1. The highest BCUT2D eigenvalue weighted by atomic mass is 32.1. The van der Waals surface area contributed by atoms with Gasteiger partial charge in [-0.15, -0.1) is 0 Å². The third-order valence-corrected chi connectivity index (χ3v) is 5.75. The van der Waals surface area contributed by atoms with Gasteiger partial charge in [-0.25, -0.2) is 4.98 Å². The number of carbonyl (C=O) groups excluding carboxylic acids is 1. The maximum absolute atomic E-state index is 13.1. The van der Waals surface area contributed by atoms with Crippen LogP contribution in [0.5, 0.6) is 5.75 Å². The van der Waals surface area contributed by atoms with Crippen LogP contribution < -0.4 is 5.73 Å². The first-order valence-corrected chi connectivity index (χ1v) is 9.74. The van der Waals surface area contributed by atoms with Gasteiger partial charge in [0.2, 0.25) is 0 Å². The van der Waals surface area contributed by atoms with Crippen LogP contribution in [-0.2, 0) is 12.8 Å². The second-order valence-corrected chi connectivity index (χ2v) is 7.57. The van der Waals surface area contributed by atoms with Crippen LogP contribution in [-0.4, -0.2) is 33.5 Å². The van der Waals surface area contributed by atoms with Gasteiger partial charge >= 0.3 is 0 Å². The molecule has 3 N–H and O–H groups in total. The number of nitrogen functional groups attached to an aromatic ring is 1.